The van der Waals surface area contributed by atoms with E-state index in [-0.39, 0.29) is 11.8 Å². The molecule has 25 heavy (non-hydrogen) atoms. The molecule has 1 aliphatic heterocycles. The zero-order valence-corrected chi connectivity index (χ0v) is 15.5. The number of carbonyl (C=O) groups is 2. The van der Waals surface area contributed by atoms with E-state index in [2.05, 4.69) is 26.3 Å². The van der Waals surface area contributed by atoms with Gasteiger partial charge < -0.3 is 15.0 Å². The molecule has 0 bridgehead atoms. The molecule has 132 valence electrons. The average Bonchev–Trinajstić information content (AvgIpc) is 3.05. The normalized spacial score (nSPS) is 14.4. The minimum Gasteiger partial charge on any atom is -0.378 e. The molecule has 1 fully saturated rings. The van der Waals surface area contributed by atoms with E-state index in [1.54, 1.807) is 33.8 Å². The van der Waals surface area contributed by atoms with Crippen LogP contribution in [0.15, 0.2) is 34.9 Å². The maximum atomic E-state index is 12.9. The number of ether oxygens (including phenoxy) is 1. The lowest BCUT2D eigenvalue weighted by molar-refractivity contribution is 0.0295. The fourth-order valence-corrected chi connectivity index (χ4v) is 2.92. The smallest absolute Gasteiger partial charge is 0.274 e. The number of benzene rings is 1. The van der Waals surface area contributed by atoms with E-state index in [0.29, 0.717) is 49.8 Å². The number of anilines is 1. The van der Waals surface area contributed by atoms with Crippen molar-refractivity contribution in [2.75, 3.05) is 31.6 Å². The van der Waals surface area contributed by atoms with Gasteiger partial charge in [-0.1, -0.05) is 15.9 Å². The lowest BCUT2D eigenvalue weighted by Crippen LogP contribution is -2.41. The van der Waals surface area contributed by atoms with Crippen molar-refractivity contribution in [3.05, 3.63) is 46.2 Å². The third-order valence-corrected chi connectivity index (χ3v) is 4.52. The zero-order chi connectivity index (χ0) is 17.8. The molecular formula is C17H19BrN4O3. The van der Waals surface area contributed by atoms with Crippen LogP contribution in [0.1, 0.15) is 27.8 Å². The van der Waals surface area contributed by atoms with Gasteiger partial charge in [-0.15, -0.1) is 0 Å². The van der Waals surface area contributed by atoms with E-state index in [0.717, 1.165) is 4.47 Å². The second-order valence-corrected chi connectivity index (χ2v) is 6.50. The Hall–Kier alpha value is -2.19. The van der Waals surface area contributed by atoms with Crippen LogP contribution < -0.4 is 5.32 Å². The fourth-order valence-electron chi connectivity index (χ4n) is 2.65. The quantitative estimate of drug-likeness (QED) is 0.845. The van der Waals surface area contributed by atoms with Crippen molar-refractivity contribution in [3.8, 4) is 0 Å². The van der Waals surface area contributed by atoms with E-state index in [9.17, 15) is 9.59 Å². The summed E-state index contributed by atoms with van der Waals surface area (Å²) in [4.78, 5) is 27.1. The minimum atomic E-state index is -0.279. The lowest BCUT2D eigenvalue weighted by atomic mass is 10.2. The summed E-state index contributed by atoms with van der Waals surface area (Å²) >= 11 is 3.34. The summed E-state index contributed by atoms with van der Waals surface area (Å²) in [5, 5.41) is 7.03. The highest BCUT2D eigenvalue weighted by molar-refractivity contribution is 9.10. The topological polar surface area (TPSA) is 76.5 Å². The van der Waals surface area contributed by atoms with E-state index in [4.69, 9.17) is 4.74 Å². The predicted molar refractivity (Wildman–Crippen MR) is 96.7 cm³/mol. The molecule has 2 heterocycles. The van der Waals surface area contributed by atoms with E-state index < -0.39 is 0 Å². The van der Waals surface area contributed by atoms with Gasteiger partial charge in [0.1, 0.15) is 5.69 Å². The molecular weight excluding hydrogens is 388 g/mol. The van der Waals surface area contributed by atoms with Gasteiger partial charge in [0, 0.05) is 29.7 Å². The van der Waals surface area contributed by atoms with E-state index >= 15 is 0 Å². The number of rotatable bonds is 4. The third kappa shape index (κ3) is 3.91. The maximum absolute atomic E-state index is 12.9. The molecule has 1 aromatic carbocycles. The van der Waals surface area contributed by atoms with E-state index in [1.165, 1.54) is 6.20 Å². The number of nitrogens with zero attached hydrogens (tertiary/aromatic N) is 3. The van der Waals surface area contributed by atoms with Crippen LogP contribution in [0.2, 0.25) is 0 Å². The van der Waals surface area contributed by atoms with Crippen molar-refractivity contribution in [2.45, 2.75) is 13.5 Å². The zero-order valence-electron chi connectivity index (χ0n) is 13.9. The first kappa shape index (κ1) is 17.6. The second-order valence-electron chi connectivity index (χ2n) is 5.59. The highest BCUT2D eigenvalue weighted by Gasteiger charge is 2.26. The van der Waals surface area contributed by atoms with Crippen molar-refractivity contribution < 1.29 is 14.3 Å². The molecule has 0 saturated carbocycles. The Balaban J connectivity index is 1.84. The van der Waals surface area contributed by atoms with Crippen LogP contribution in [-0.4, -0.2) is 52.8 Å². The van der Waals surface area contributed by atoms with Crippen LogP contribution in [0.25, 0.3) is 0 Å². The lowest BCUT2D eigenvalue weighted by Gasteiger charge is -2.27. The highest BCUT2D eigenvalue weighted by atomic mass is 79.9. The number of nitrogens with one attached hydrogen (secondary N) is 1. The van der Waals surface area contributed by atoms with Crippen LogP contribution >= 0.6 is 15.9 Å². The molecule has 0 atom stereocenters. The second kappa shape index (κ2) is 7.79. The van der Waals surface area contributed by atoms with Crippen molar-refractivity contribution in [2.24, 2.45) is 0 Å². The summed E-state index contributed by atoms with van der Waals surface area (Å²) < 4.78 is 7.80. The predicted octanol–water partition coefficient (Wildman–Crippen LogP) is 2.39. The first-order valence-electron chi connectivity index (χ1n) is 8.10. The van der Waals surface area contributed by atoms with Crippen molar-refractivity contribution in [3.63, 3.8) is 0 Å². The van der Waals surface area contributed by atoms with Gasteiger partial charge in [-0.2, -0.15) is 5.10 Å². The van der Waals surface area contributed by atoms with Crippen LogP contribution in [0.4, 0.5) is 5.69 Å². The van der Waals surface area contributed by atoms with Crippen molar-refractivity contribution in [1.29, 1.82) is 0 Å². The number of aryl methyl sites for hydroxylation is 1. The average molecular weight is 407 g/mol. The summed E-state index contributed by atoms with van der Waals surface area (Å²) in [5.41, 5.74) is 1.33. The molecule has 2 aromatic rings. The largest absolute Gasteiger partial charge is 0.378 e. The molecule has 1 aliphatic rings. The molecule has 3 rings (SSSR count). The Kier molecular flexibility index (Phi) is 5.50. The van der Waals surface area contributed by atoms with Gasteiger partial charge in [-0.05, 0) is 31.2 Å². The fraction of sp³-hybridized carbons (Fsp3) is 0.353. The molecule has 7 nitrogen and oxygen atoms in total. The molecule has 0 radical (unpaired) electrons. The maximum Gasteiger partial charge on any atom is 0.274 e. The molecule has 1 saturated heterocycles. The standard InChI is InChI=1S/C17H19BrN4O3/c1-2-22-15(17(24)21-7-9-25-10-8-21)14(11-19-22)20-16(23)12-3-5-13(18)6-4-12/h3-6,11H,2,7-10H2,1H3,(H,20,23). The third-order valence-electron chi connectivity index (χ3n) is 3.99. The Morgan fingerprint density at radius 3 is 2.56 bits per heavy atom. The summed E-state index contributed by atoms with van der Waals surface area (Å²) in [5.74, 6) is -0.423. The molecule has 2 amide bonds. The first-order valence-corrected chi connectivity index (χ1v) is 8.89. The first-order chi connectivity index (χ1) is 12.1. The Morgan fingerprint density at radius 2 is 1.92 bits per heavy atom. The van der Waals surface area contributed by atoms with Gasteiger partial charge in [-0.3, -0.25) is 14.3 Å². The molecule has 1 N–H and O–H groups in total. The molecule has 1 aromatic heterocycles. The molecule has 0 unspecified atom stereocenters. The van der Waals surface area contributed by atoms with E-state index in [1.807, 2.05) is 6.92 Å². The Bertz CT molecular complexity index is 767. The van der Waals surface area contributed by atoms with Crippen LogP contribution in [0.3, 0.4) is 0 Å². The number of amides is 2. The number of carbonyl (C=O) groups excluding carboxylic acids is 2. The molecule has 0 aliphatic carbocycles. The van der Waals surface area contributed by atoms with Gasteiger partial charge in [0.25, 0.3) is 11.8 Å². The van der Waals surface area contributed by atoms with Gasteiger partial charge in [0.15, 0.2) is 0 Å². The number of morpholine rings is 1. The van der Waals surface area contributed by atoms with Crippen LogP contribution in [0, 0.1) is 0 Å². The summed E-state index contributed by atoms with van der Waals surface area (Å²) in [6, 6.07) is 7.02. The van der Waals surface area contributed by atoms with Crippen molar-refractivity contribution in [1.82, 2.24) is 14.7 Å². The summed E-state index contributed by atoms with van der Waals surface area (Å²) in [7, 11) is 0. The SMILES string of the molecule is CCn1ncc(NC(=O)c2ccc(Br)cc2)c1C(=O)N1CCOCC1. The van der Waals surface area contributed by atoms with Gasteiger partial charge in [0.2, 0.25) is 0 Å². The summed E-state index contributed by atoms with van der Waals surface area (Å²) in [6.07, 6.45) is 1.52. The molecule has 8 heteroatoms. The highest BCUT2D eigenvalue weighted by Crippen LogP contribution is 2.20. The minimum absolute atomic E-state index is 0.145. The number of hydrogen-bond donors (Lipinski definition) is 1. The number of halogens is 1. The number of hydrogen-bond acceptors (Lipinski definition) is 4. The van der Waals surface area contributed by atoms with Crippen LogP contribution in [0.5, 0.6) is 0 Å². The van der Waals surface area contributed by atoms with Crippen LogP contribution in [-0.2, 0) is 11.3 Å². The van der Waals surface area contributed by atoms with Gasteiger partial charge in [0.05, 0.1) is 25.1 Å². The number of aromatic nitrogens is 2. The van der Waals surface area contributed by atoms with Gasteiger partial charge >= 0.3 is 0 Å². The van der Waals surface area contributed by atoms with Crippen molar-refractivity contribution >= 4 is 33.4 Å². The monoisotopic (exact) mass is 406 g/mol. The molecule has 0 spiro atoms. The summed E-state index contributed by atoms with van der Waals surface area (Å²) in [6.45, 7) is 4.56. The Labute approximate surface area is 154 Å². The van der Waals surface area contributed by atoms with Gasteiger partial charge in [-0.25, -0.2) is 0 Å². The Morgan fingerprint density at radius 1 is 1.24 bits per heavy atom.